The van der Waals surface area contributed by atoms with Gasteiger partial charge < -0.3 is 0 Å². The molecular formula is C11H18O. The quantitative estimate of drug-likeness (QED) is 0.245. The van der Waals surface area contributed by atoms with Crippen molar-refractivity contribution in [1.29, 1.82) is 0 Å². The number of carbonyl (C=O) groups is 1. The third kappa shape index (κ3) is 9.19. The number of hydrogen-bond acceptors (Lipinski definition) is 1. The van der Waals surface area contributed by atoms with E-state index in [1.807, 2.05) is 6.08 Å². The van der Waals surface area contributed by atoms with Crippen LogP contribution in [0.4, 0.5) is 0 Å². The Morgan fingerprint density at radius 1 is 1.17 bits per heavy atom. The predicted octanol–water partition coefficient (Wildman–Crippen LogP) is 3.26. The minimum absolute atomic E-state index is 0.758. The van der Waals surface area contributed by atoms with Crippen LogP contribution in [-0.2, 0) is 4.79 Å². The van der Waals surface area contributed by atoms with Crippen LogP contribution < -0.4 is 0 Å². The lowest BCUT2D eigenvalue weighted by atomic mass is 10.1. The van der Waals surface area contributed by atoms with Gasteiger partial charge in [0.2, 0.25) is 0 Å². The first kappa shape index (κ1) is 11.2. The molecule has 0 spiro atoms. The summed E-state index contributed by atoms with van der Waals surface area (Å²) in [5, 5.41) is 0. The fourth-order valence-electron chi connectivity index (χ4n) is 1.04. The summed E-state index contributed by atoms with van der Waals surface area (Å²) >= 11 is 0. The molecule has 0 aromatic rings. The molecule has 0 amide bonds. The zero-order chi connectivity index (χ0) is 9.07. The third-order valence-electron chi connectivity index (χ3n) is 1.73. The number of rotatable bonds is 7. The molecule has 0 aromatic carbocycles. The van der Waals surface area contributed by atoms with Crippen molar-refractivity contribution in [3.05, 3.63) is 17.9 Å². The highest BCUT2D eigenvalue weighted by Gasteiger charge is 1.85. The van der Waals surface area contributed by atoms with E-state index in [0.29, 0.717) is 0 Å². The average molecular weight is 166 g/mol. The Morgan fingerprint density at radius 3 is 2.58 bits per heavy atom. The van der Waals surface area contributed by atoms with Gasteiger partial charge in [-0.1, -0.05) is 32.6 Å². The number of hydrogen-bond donors (Lipinski definition) is 0. The van der Waals surface area contributed by atoms with Gasteiger partial charge in [0.15, 0.2) is 6.29 Å². The maximum absolute atomic E-state index is 9.84. The van der Waals surface area contributed by atoms with E-state index in [-0.39, 0.29) is 0 Å². The van der Waals surface area contributed by atoms with Crippen LogP contribution in [0.15, 0.2) is 17.9 Å². The molecule has 0 aliphatic heterocycles. The van der Waals surface area contributed by atoms with E-state index in [1.54, 1.807) is 0 Å². The second-order valence-corrected chi connectivity index (χ2v) is 2.88. The largest absolute Gasteiger partial charge is 0.298 e. The van der Waals surface area contributed by atoms with Gasteiger partial charge in [-0.25, -0.2) is 0 Å². The number of allylic oxidation sites excluding steroid dienone is 1. The van der Waals surface area contributed by atoms with E-state index in [9.17, 15) is 4.79 Å². The maximum Gasteiger partial charge on any atom is 0.150 e. The fourth-order valence-corrected chi connectivity index (χ4v) is 1.04. The molecule has 0 aliphatic rings. The summed E-state index contributed by atoms with van der Waals surface area (Å²) in [5.74, 6) is 0. The molecule has 0 fully saturated rings. The van der Waals surface area contributed by atoms with Gasteiger partial charge in [0.1, 0.15) is 0 Å². The summed E-state index contributed by atoms with van der Waals surface area (Å²) in [4.78, 5) is 9.84. The molecule has 1 nitrogen and oxygen atoms in total. The molecule has 0 radical (unpaired) electrons. The van der Waals surface area contributed by atoms with Crippen molar-refractivity contribution in [1.82, 2.24) is 0 Å². The Hall–Kier alpha value is -0.810. The molecule has 0 saturated heterocycles. The van der Waals surface area contributed by atoms with Crippen molar-refractivity contribution in [2.45, 2.75) is 45.4 Å². The standard InChI is InChI=1S/C11H18O/c1-2-3-4-5-6-7-8-9-10-11-12/h8,10-11H,2-7H2,1H3. The van der Waals surface area contributed by atoms with Gasteiger partial charge in [-0.05, 0) is 18.9 Å². The lowest BCUT2D eigenvalue weighted by Gasteiger charge is -1.94. The van der Waals surface area contributed by atoms with Gasteiger partial charge >= 0.3 is 0 Å². The van der Waals surface area contributed by atoms with Crippen LogP contribution in [0.2, 0.25) is 0 Å². The van der Waals surface area contributed by atoms with Gasteiger partial charge in [0.25, 0.3) is 0 Å². The minimum Gasteiger partial charge on any atom is -0.298 e. The highest BCUT2D eigenvalue weighted by atomic mass is 16.1. The second-order valence-electron chi connectivity index (χ2n) is 2.88. The van der Waals surface area contributed by atoms with Gasteiger partial charge in [-0.3, -0.25) is 4.79 Å². The molecule has 0 bridgehead atoms. The van der Waals surface area contributed by atoms with E-state index < -0.39 is 0 Å². The van der Waals surface area contributed by atoms with Crippen molar-refractivity contribution in [2.75, 3.05) is 0 Å². The zero-order valence-electron chi connectivity index (χ0n) is 7.88. The van der Waals surface area contributed by atoms with Crippen LogP contribution in [0.25, 0.3) is 0 Å². The first-order chi connectivity index (χ1) is 5.91. The highest BCUT2D eigenvalue weighted by molar-refractivity contribution is 5.64. The monoisotopic (exact) mass is 166 g/mol. The molecule has 0 saturated carbocycles. The van der Waals surface area contributed by atoms with Crippen LogP contribution in [0.5, 0.6) is 0 Å². The van der Waals surface area contributed by atoms with Crippen LogP contribution in [-0.4, -0.2) is 6.29 Å². The normalized spacial score (nSPS) is 8.75. The van der Waals surface area contributed by atoms with Crippen molar-refractivity contribution < 1.29 is 4.79 Å². The topological polar surface area (TPSA) is 17.1 Å². The van der Waals surface area contributed by atoms with Gasteiger partial charge in [-0.2, -0.15) is 0 Å². The predicted molar refractivity (Wildman–Crippen MR) is 52.1 cm³/mol. The first-order valence-corrected chi connectivity index (χ1v) is 4.76. The molecule has 0 heterocycles. The molecule has 68 valence electrons. The van der Waals surface area contributed by atoms with E-state index in [1.165, 1.54) is 38.2 Å². The molecule has 0 N–H and O–H groups in total. The highest BCUT2D eigenvalue weighted by Crippen LogP contribution is 2.04. The lowest BCUT2D eigenvalue weighted by Crippen LogP contribution is -1.75. The summed E-state index contributed by atoms with van der Waals surface area (Å²) in [6.45, 7) is 2.22. The summed E-state index contributed by atoms with van der Waals surface area (Å²) < 4.78 is 0. The summed E-state index contributed by atoms with van der Waals surface area (Å²) in [7, 11) is 0. The molecule has 1 heteroatoms. The Balaban J connectivity index is 3.10. The number of unbranched alkanes of at least 4 members (excludes halogenated alkanes) is 5. The minimum atomic E-state index is 0.758. The van der Waals surface area contributed by atoms with Crippen LogP contribution >= 0.6 is 0 Å². The molecule has 0 aromatic heterocycles. The maximum atomic E-state index is 9.84. The Bertz CT molecular complexity index is 152. The Labute approximate surface area is 75.2 Å². The van der Waals surface area contributed by atoms with Gasteiger partial charge in [-0.15, -0.1) is 5.73 Å². The summed E-state index contributed by atoms with van der Waals surface area (Å²) in [6.07, 6.45) is 11.6. The van der Waals surface area contributed by atoms with Crippen molar-refractivity contribution in [3.8, 4) is 0 Å². The molecule has 0 atom stereocenters. The van der Waals surface area contributed by atoms with E-state index >= 15 is 0 Å². The molecule has 0 rings (SSSR count). The molecular weight excluding hydrogens is 148 g/mol. The van der Waals surface area contributed by atoms with E-state index in [2.05, 4.69) is 12.7 Å². The molecule has 0 unspecified atom stereocenters. The summed E-state index contributed by atoms with van der Waals surface area (Å²) in [6, 6.07) is 0. The van der Waals surface area contributed by atoms with Crippen molar-refractivity contribution >= 4 is 6.29 Å². The fraction of sp³-hybridized carbons (Fsp3) is 0.636. The zero-order valence-corrected chi connectivity index (χ0v) is 7.88. The van der Waals surface area contributed by atoms with Crippen LogP contribution in [0.3, 0.4) is 0 Å². The van der Waals surface area contributed by atoms with Crippen molar-refractivity contribution in [3.63, 3.8) is 0 Å². The lowest BCUT2D eigenvalue weighted by molar-refractivity contribution is -0.104. The Morgan fingerprint density at radius 2 is 1.92 bits per heavy atom. The average Bonchev–Trinajstić information content (AvgIpc) is 2.10. The summed E-state index contributed by atoms with van der Waals surface area (Å²) in [5.41, 5.74) is 2.81. The smallest absolute Gasteiger partial charge is 0.150 e. The molecule has 12 heavy (non-hydrogen) atoms. The first-order valence-electron chi connectivity index (χ1n) is 4.76. The number of aldehydes is 1. The van der Waals surface area contributed by atoms with Gasteiger partial charge in [0, 0.05) is 6.08 Å². The van der Waals surface area contributed by atoms with Crippen molar-refractivity contribution in [2.24, 2.45) is 0 Å². The SMILES string of the molecule is CCCCCCCC=C=CC=O. The van der Waals surface area contributed by atoms with Crippen LogP contribution in [0.1, 0.15) is 45.4 Å². The van der Waals surface area contributed by atoms with Gasteiger partial charge in [0.05, 0.1) is 0 Å². The van der Waals surface area contributed by atoms with E-state index in [0.717, 1.165) is 12.7 Å². The third-order valence-corrected chi connectivity index (χ3v) is 1.73. The second kappa shape index (κ2) is 10.2. The molecule has 0 aliphatic carbocycles. The Kier molecular flexibility index (Phi) is 9.50. The number of carbonyl (C=O) groups excluding carboxylic acids is 1. The van der Waals surface area contributed by atoms with E-state index in [4.69, 9.17) is 0 Å². The van der Waals surface area contributed by atoms with Crippen LogP contribution in [0, 0.1) is 0 Å².